The predicted molar refractivity (Wildman–Crippen MR) is 63.4 cm³/mol. The van der Waals surface area contributed by atoms with Crippen LogP contribution < -0.4 is 5.32 Å². The lowest BCUT2D eigenvalue weighted by Gasteiger charge is -2.19. The van der Waals surface area contributed by atoms with E-state index in [9.17, 15) is 4.39 Å². The summed E-state index contributed by atoms with van der Waals surface area (Å²) in [6.07, 6.45) is 2.44. The van der Waals surface area contributed by atoms with E-state index in [1.807, 2.05) is 0 Å². The van der Waals surface area contributed by atoms with Gasteiger partial charge in [-0.1, -0.05) is 11.6 Å². The van der Waals surface area contributed by atoms with Crippen molar-refractivity contribution < 1.29 is 9.13 Å². The Morgan fingerprint density at radius 1 is 1.56 bits per heavy atom. The van der Waals surface area contributed by atoms with Gasteiger partial charge in [-0.2, -0.15) is 0 Å². The monoisotopic (exact) mass is 243 g/mol. The van der Waals surface area contributed by atoms with E-state index in [-0.39, 0.29) is 11.9 Å². The van der Waals surface area contributed by atoms with Crippen LogP contribution in [0.5, 0.6) is 0 Å². The highest BCUT2D eigenvalue weighted by Gasteiger charge is 2.31. The van der Waals surface area contributed by atoms with Crippen molar-refractivity contribution in [3.8, 4) is 0 Å². The van der Waals surface area contributed by atoms with E-state index in [1.165, 1.54) is 25.0 Å². The van der Waals surface area contributed by atoms with Crippen LogP contribution in [-0.2, 0) is 4.74 Å². The lowest BCUT2D eigenvalue weighted by molar-refractivity contribution is 0.179. The van der Waals surface area contributed by atoms with Crippen molar-refractivity contribution >= 4 is 17.3 Å². The summed E-state index contributed by atoms with van der Waals surface area (Å²) in [5.74, 6) is 0.339. The summed E-state index contributed by atoms with van der Waals surface area (Å²) in [5, 5.41) is 3.73. The standard InChI is InChI=1S/C12H15ClFNO/c1-16-7-12(8-2-3-8)15-11-5-4-9(14)6-10(11)13/h4-6,8,12,15H,2-3,7H2,1H3. The molecule has 1 fully saturated rings. The maximum Gasteiger partial charge on any atom is 0.124 e. The number of rotatable bonds is 5. The number of hydrogen-bond donors (Lipinski definition) is 1. The second kappa shape index (κ2) is 5.02. The maximum absolute atomic E-state index is 12.9. The lowest BCUT2D eigenvalue weighted by atomic mass is 10.2. The third-order valence-corrected chi connectivity index (χ3v) is 3.12. The molecule has 0 aliphatic heterocycles. The van der Waals surface area contributed by atoms with Crippen LogP contribution >= 0.6 is 11.6 Å². The maximum atomic E-state index is 12.9. The molecule has 0 saturated heterocycles. The van der Waals surface area contributed by atoms with E-state index in [0.717, 1.165) is 5.69 Å². The van der Waals surface area contributed by atoms with Gasteiger partial charge in [0.2, 0.25) is 0 Å². The molecule has 1 aromatic carbocycles. The summed E-state index contributed by atoms with van der Waals surface area (Å²) in [6, 6.07) is 4.67. The molecule has 0 aromatic heterocycles. The number of ether oxygens (including phenoxy) is 1. The Bertz CT molecular complexity index is 368. The Hall–Kier alpha value is -0.800. The third kappa shape index (κ3) is 2.86. The predicted octanol–water partition coefficient (Wildman–Crippen LogP) is 3.32. The first kappa shape index (κ1) is 11.7. The molecule has 2 rings (SSSR count). The fraction of sp³-hybridized carbons (Fsp3) is 0.500. The summed E-state index contributed by atoms with van der Waals surface area (Å²) in [6.45, 7) is 0.651. The van der Waals surface area contributed by atoms with Gasteiger partial charge in [-0.25, -0.2) is 4.39 Å². The highest BCUT2D eigenvalue weighted by Crippen LogP contribution is 2.35. The SMILES string of the molecule is COCC(Nc1ccc(F)cc1Cl)C1CC1. The van der Waals surface area contributed by atoms with Gasteiger partial charge in [0.15, 0.2) is 0 Å². The molecule has 1 aliphatic carbocycles. The van der Waals surface area contributed by atoms with Crippen molar-refractivity contribution in [2.45, 2.75) is 18.9 Å². The molecule has 1 N–H and O–H groups in total. The lowest BCUT2D eigenvalue weighted by Crippen LogP contribution is -2.27. The van der Waals surface area contributed by atoms with Gasteiger partial charge < -0.3 is 10.1 Å². The minimum atomic E-state index is -0.315. The average molecular weight is 244 g/mol. The molecule has 16 heavy (non-hydrogen) atoms. The number of hydrogen-bond acceptors (Lipinski definition) is 2. The van der Waals surface area contributed by atoms with E-state index in [4.69, 9.17) is 16.3 Å². The highest BCUT2D eigenvalue weighted by molar-refractivity contribution is 6.33. The number of anilines is 1. The van der Waals surface area contributed by atoms with Crippen molar-refractivity contribution in [3.63, 3.8) is 0 Å². The fourth-order valence-electron chi connectivity index (χ4n) is 1.78. The van der Waals surface area contributed by atoms with Crippen LogP contribution in [0.15, 0.2) is 18.2 Å². The quantitative estimate of drug-likeness (QED) is 0.857. The second-order valence-electron chi connectivity index (χ2n) is 4.17. The molecule has 1 aliphatic rings. The van der Waals surface area contributed by atoms with Gasteiger partial charge in [0.1, 0.15) is 5.82 Å². The Balaban J connectivity index is 2.05. The zero-order chi connectivity index (χ0) is 11.5. The van der Waals surface area contributed by atoms with E-state index in [2.05, 4.69) is 5.32 Å². The normalized spacial score (nSPS) is 17.2. The fourth-order valence-corrected chi connectivity index (χ4v) is 2.00. The molecule has 1 aromatic rings. The van der Waals surface area contributed by atoms with Gasteiger partial charge in [-0.3, -0.25) is 0 Å². The van der Waals surface area contributed by atoms with Crippen LogP contribution in [0.25, 0.3) is 0 Å². The second-order valence-corrected chi connectivity index (χ2v) is 4.57. The molecular weight excluding hydrogens is 229 g/mol. The summed E-state index contributed by atoms with van der Waals surface area (Å²) in [7, 11) is 1.68. The molecule has 1 unspecified atom stereocenters. The molecular formula is C12H15ClFNO. The van der Waals surface area contributed by atoms with Gasteiger partial charge in [-0.15, -0.1) is 0 Å². The highest BCUT2D eigenvalue weighted by atomic mass is 35.5. The van der Waals surface area contributed by atoms with Crippen molar-refractivity contribution in [1.82, 2.24) is 0 Å². The summed E-state index contributed by atoms with van der Waals surface area (Å²) in [4.78, 5) is 0. The van der Waals surface area contributed by atoms with Crippen LogP contribution in [-0.4, -0.2) is 19.8 Å². The number of halogens is 2. The van der Waals surface area contributed by atoms with Crippen molar-refractivity contribution in [2.24, 2.45) is 5.92 Å². The van der Waals surface area contributed by atoms with Crippen LogP contribution in [0.3, 0.4) is 0 Å². The van der Waals surface area contributed by atoms with Gasteiger partial charge in [0.25, 0.3) is 0 Å². The average Bonchev–Trinajstić information content (AvgIpc) is 3.04. The van der Waals surface area contributed by atoms with Gasteiger partial charge in [0, 0.05) is 7.11 Å². The molecule has 1 atom stereocenters. The van der Waals surface area contributed by atoms with Crippen LogP contribution in [0, 0.1) is 11.7 Å². The van der Waals surface area contributed by atoms with Crippen molar-refractivity contribution in [3.05, 3.63) is 29.0 Å². The summed E-state index contributed by atoms with van der Waals surface area (Å²) >= 11 is 5.96. The van der Waals surface area contributed by atoms with E-state index in [0.29, 0.717) is 17.5 Å². The molecule has 88 valence electrons. The topological polar surface area (TPSA) is 21.3 Å². The summed E-state index contributed by atoms with van der Waals surface area (Å²) in [5.41, 5.74) is 0.775. The zero-order valence-corrected chi connectivity index (χ0v) is 9.93. The molecule has 0 radical (unpaired) electrons. The summed E-state index contributed by atoms with van der Waals surface area (Å²) < 4.78 is 18.0. The molecule has 1 saturated carbocycles. The van der Waals surface area contributed by atoms with Crippen molar-refractivity contribution in [1.29, 1.82) is 0 Å². The Kier molecular flexibility index (Phi) is 3.66. The van der Waals surface area contributed by atoms with E-state index >= 15 is 0 Å². The first-order valence-corrected chi connectivity index (χ1v) is 5.79. The van der Waals surface area contributed by atoms with Gasteiger partial charge in [0.05, 0.1) is 23.4 Å². The third-order valence-electron chi connectivity index (χ3n) is 2.81. The molecule has 0 spiro atoms. The van der Waals surface area contributed by atoms with E-state index < -0.39 is 0 Å². The minimum Gasteiger partial charge on any atom is -0.383 e. The minimum absolute atomic E-state index is 0.271. The Labute approximate surface area is 99.7 Å². The number of nitrogens with one attached hydrogen (secondary N) is 1. The first-order valence-electron chi connectivity index (χ1n) is 5.41. The molecule has 0 amide bonds. The van der Waals surface area contributed by atoms with Crippen LogP contribution in [0.2, 0.25) is 5.02 Å². The van der Waals surface area contributed by atoms with Crippen LogP contribution in [0.1, 0.15) is 12.8 Å². The van der Waals surface area contributed by atoms with E-state index in [1.54, 1.807) is 13.2 Å². The Morgan fingerprint density at radius 2 is 2.31 bits per heavy atom. The van der Waals surface area contributed by atoms with Crippen LogP contribution in [0.4, 0.5) is 10.1 Å². The number of benzene rings is 1. The van der Waals surface area contributed by atoms with Gasteiger partial charge in [-0.05, 0) is 37.0 Å². The zero-order valence-electron chi connectivity index (χ0n) is 9.17. The Morgan fingerprint density at radius 3 is 2.88 bits per heavy atom. The number of methoxy groups -OCH3 is 1. The molecule has 0 bridgehead atoms. The molecule has 4 heteroatoms. The molecule has 0 heterocycles. The van der Waals surface area contributed by atoms with Gasteiger partial charge >= 0.3 is 0 Å². The largest absolute Gasteiger partial charge is 0.383 e. The molecule has 2 nitrogen and oxygen atoms in total. The smallest absolute Gasteiger partial charge is 0.124 e. The first-order chi connectivity index (χ1) is 7.70. The van der Waals surface area contributed by atoms with Crippen molar-refractivity contribution in [2.75, 3.05) is 19.0 Å².